The van der Waals surface area contributed by atoms with Gasteiger partial charge in [-0.05, 0) is 79.2 Å². The Labute approximate surface area is 266 Å². The molecule has 2 N–H and O–H groups in total. The molecule has 0 bridgehead atoms. The first-order valence-electron chi connectivity index (χ1n) is 13.5. The summed E-state index contributed by atoms with van der Waals surface area (Å²) in [5.41, 5.74) is 4.57. The molecule has 2 amide bonds. The van der Waals surface area contributed by atoms with E-state index in [1.807, 2.05) is 6.92 Å². The van der Waals surface area contributed by atoms with Crippen molar-refractivity contribution in [3.63, 3.8) is 0 Å². The van der Waals surface area contributed by atoms with Crippen molar-refractivity contribution in [1.82, 2.24) is 5.43 Å². The fraction of sp³-hybridized carbons (Fsp3) is 0.156. The van der Waals surface area contributed by atoms with E-state index in [0.717, 1.165) is 9.87 Å². The molecule has 0 radical (unpaired) electrons. The third-order valence-corrected chi connectivity index (χ3v) is 8.44. The first-order chi connectivity index (χ1) is 21.6. The lowest BCUT2D eigenvalue weighted by Crippen LogP contribution is -2.39. The van der Waals surface area contributed by atoms with E-state index < -0.39 is 22.5 Å². The Morgan fingerprint density at radius 3 is 2.24 bits per heavy atom. The van der Waals surface area contributed by atoms with E-state index in [4.69, 9.17) is 25.8 Å². The first-order valence-corrected chi connectivity index (χ1v) is 15.3. The lowest BCUT2D eigenvalue weighted by atomic mass is 10.2. The van der Waals surface area contributed by atoms with Gasteiger partial charge in [0.05, 0.1) is 41.7 Å². The summed E-state index contributed by atoms with van der Waals surface area (Å²) in [5, 5.41) is 6.87. The summed E-state index contributed by atoms with van der Waals surface area (Å²) in [6, 6.07) is 24.4. The molecular weight excluding hydrogens is 620 g/mol. The number of hydrogen-bond acceptors (Lipinski definition) is 8. The second kappa shape index (κ2) is 15.1. The Hall–Kier alpha value is -5.07. The number of carbonyl (C=O) groups is 2. The average molecular weight is 651 g/mol. The number of amides is 2. The van der Waals surface area contributed by atoms with Crippen LogP contribution in [0.1, 0.15) is 11.1 Å². The molecule has 0 saturated carbocycles. The monoisotopic (exact) mass is 650 g/mol. The molecule has 0 saturated heterocycles. The van der Waals surface area contributed by atoms with Gasteiger partial charge in [-0.15, -0.1) is 0 Å². The minimum Gasteiger partial charge on any atom is -0.495 e. The van der Waals surface area contributed by atoms with Crippen molar-refractivity contribution in [2.75, 3.05) is 37.0 Å². The summed E-state index contributed by atoms with van der Waals surface area (Å²) in [4.78, 5) is 25.2. The van der Waals surface area contributed by atoms with Crippen LogP contribution in [0.3, 0.4) is 0 Å². The second-order valence-corrected chi connectivity index (χ2v) is 11.8. The predicted octanol–water partition coefficient (Wildman–Crippen LogP) is 5.03. The summed E-state index contributed by atoms with van der Waals surface area (Å²) < 4.78 is 44.1. The van der Waals surface area contributed by atoms with Gasteiger partial charge >= 0.3 is 0 Å². The van der Waals surface area contributed by atoms with Crippen LogP contribution in [0.4, 0.5) is 11.4 Å². The van der Waals surface area contributed by atoms with Crippen LogP contribution in [0.25, 0.3) is 0 Å². The molecule has 0 unspecified atom stereocenters. The number of hydrogen-bond donors (Lipinski definition) is 2. The number of ether oxygens (including phenoxy) is 3. The molecule has 0 aliphatic heterocycles. The van der Waals surface area contributed by atoms with Gasteiger partial charge in [0.1, 0.15) is 23.8 Å². The number of carbonyl (C=O) groups excluding carboxylic acids is 2. The Morgan fingerprint density at radius 1 is 0.889 bits per heavy atom. The van der Waals surface area contributed by atoms with Gasteiger partial charge in [0, 0.05) is 0 Å². The van der Waals surface area contributed by atoms with Crippen molar-refractivity contribution in [3.8, 4) is 17.2 Å². The molecule has 0 aromatic heterocycles. The van der Waals surface area contributed by atoms with Gasteiger partial charge < -0.3 is 19.5 Å². The number of aryl methyl sites for hydroxylation is 1. The fourth-order valence-corrected chi connectivity index (χ4v) is 5.71. The van der Waals surface area contributed by atoms with E-state index in [9.17, 15) is 18.0 Å². The SMILES string of the molecule is COc1ccc(N(CC(=O)N/N=C\c2ccc(OCC(=O)Nc3ccccc3OC)cc2)S(=O)(=O)c2ccc(C)cc2)cc1Cl. The van der Waals surface area contributed by atoms with Crippen molar-refractivity contribution < 1.29 is 32.2 Å². The maximum absolute atomic E-state index is 13.6. The molecule has 0 spiro atoms. The number of rotatable bonds is 13. The van der Waals surface area contributed by atoms with E-state index in [2.05, 4.69) is 15.8 Å². The predicted molar refractivity (Wildman–Crippen MR) is 173 cm³/mol. The topological polar surface area (TPSA) is 136 Å². The molecule has 0 atom stereocenters. The summed E-state index contributed by atoms with van der Waals surface area (Å²) in [6.45, 7) is 1.05. The molecule has 0 aliphatic carbocycles. The van der Waals surface area contributed by atoms with E-state index in [0.29, 0.717) is 28.5 Å². The Bertz CT molecular complexity index is 1780. The zero-order valence-electron chi connectivity index (χ0n) is 24.7. The van der Waals surface area contributed by atoms with Crippen molar-refractivity contribution in [2.45, 2.75) is 11.8 Å². The van der Waals surface area contributed by atoms with Crippen LogP contribution < -0.4 is 29.3 Å². The number of nitrogens with zero attached hydrogens (tertiary/aromatic N) is 2. The van der Waals surface area contributed by atoms with Crippen molar-refractivity contribution in [3.05, 3.63) is 107 Å². The highest BCUT2D eigenvalue weighted by Crippen LogP contribution is 2.32. The van der Waals surface area contributed by atoms with Gasteiger partial charge in [0.2, 0.25) is 0 Å². The van der Waals surface area contributed by atoms with E-state index in [-0.39, 0.29) is 28.1 Å². The number of sulfonamides is 1. The van der Waals surface area contributed by atoms with Crippen LogP contribution in [0.2, 0.25) is 5.02 Å². The number of nitrogens with one attached hydrogen (secondary N) is 2. The van der Waals surface area contributed by atoms with E-state index in [1.54, 1.807) is 60.7 Å². The lowest BCUT2D eigenvalue weighted by Gasteiger charge is -2.24. The molecule has 4 aromatic rings. The number of halogens is 1. The molecule has 0 fully saturated rings. The molecule has 11 nitrogen and oxygen atoms in total. The van der Waals surface area contributed by atoms with Crippen LogP contribution in [-0.4, -0.2) is 53.8 Å². The number of methoxy groups -OCH3 is 2. The molecule has 4 aromatic carbocycles. The van der Waals surface area contributed by atoms with Gasteiger partial charge in [-0.1, -0.05) is 41.4 Å². The number of benzene rings is 4. The minimum absolute atomic E-state index is 0.0101. The maximum Gasteiger partial charge on any atom is 0.264 e. The van der Waals surface area contributed by atoms with Crippen molar-refractivity contribution >= 4 is 51.0 Å². The van der Waals surface area contributed by atoms with E-state index >= 15 is 0 Å². The maximum atomic E-state index is 13.6. The Balaban J connectivity index is 1.38. The van der Waals surface area contributed by atoms with Crippen LogP contribution in [0, 0.1) is 6.92 Å². The molecule has 234 valence electrons. The number of anilines is 2. The van der Waals surface area contributed by atoms with Gasteiger partial charge in [-0.25, -0.2) is 13.8 Å². The number of para-hydroxylation sites is 2. The zero-order chi connectivity index (χ0) is 32.4. The quantitative estimate of drug-likeness (QED) is 0.153. The van der Waals surface area contributed by atoms with Crippen LogP contribution >= 0.6 is 11.6 Å². The summed E-state index contributed by atoms with van der Waals surface area (Å²) in [6.07, 6.45) is 1.39. The van der Waals surface area contributed by atoms with Gasteiger partial charge in [-0.2, -0.15) is 5.10 Å². The first kappa shape index (κ1) is 32.8. The van der Waals surface area contributed by atoms with Gasteiger partial charge in [0.25, 0.3) is 21.8 Å². The normalized spacial score (nSPS) is 11.1. The largest absolute Gasteiger partial charge is 0.495 e. The highest BCUT2D eigenvalue weighted by molar-refractivity contribution is 7.92. The van der Waals surface area contributed by atoms with Crippen LogP contribution in [-0.2, 0) is 19.6 Å². The smallest absolute Gasteiger partial charge is 0.264 e. The van der Waals surface area contributed by atoms with Crippen LogP contribution in [0.5, 0.6) is 17.2 Å². The van der Waals surface area contributed by atoms with Crippen molar-refractivity contribution in [2.24, 2.45) is 5.10 Å². The summed E-state index contributed by atoms with van der Waals surface area (Å²) >= 11 is 6.26. The Morgan fingerprint density at radius 2 is 1.58 bits per heavy atom. The lowest BCUT2D eigenvalue weighted by molar-refractivity contribution is -0.119. The van der Waals surface area contributed by atoms with Gasteiger partial charge in [-0.3, -0.25) is 13.9 Å². The van der Waals surface area contributed by atoms with Crippen LogP contribution in [0.15, 0.2) is 101 Å². The summed E-state index contributed by atoms with van der Waals surface area (Å²) in [7, 11) is -1.19. The molecule has 4 rings (SSSR count). The fourth-order valence-electron chi connectivity index (χ4n) is 4.04. The number of hydrazone groups is 1. The molecular formula is C32H31ClN4O7S. The summed E-state index contributed by atoms with van der Waals surface area (Å²) in [5.74, 6) is 0.293. The van der Waals surface area contributed by atoms with Crippen molar-refractivity contribution in [1.29, 1.82) is 0 Å². The highest BCUT2D eigenvalue weighted by atomic mass is 35.5. The minimum atomic E-state index is -4.14. The molecule has 45 heavy (non-hydrogen) atoms. The highest BCUT2D eigenvalue weighted by Gasteiger charge is 2.28. The Kier molecular flexibility index (Phi) is 11.0. The third kappa shape index (κ3) is 8.74. The molecule has 13 heteroatoms. The molecule has 0 aliphatic rings. The second-order valence-electron chi connectivity index (χ2n) is 9.54. The average Bonchev–Trinajstić information content (AvgIpc) is 3.03. The molecule has 0 heterocycles. The van der Waals surface area contributed by atoms with E-state index in [1.165, 1.54) is 50.8 Å². The standard InChI is InChI=1S/C32H31ClN4O7S/c1-22-8-15-26(16-9-22)45(40,41)37(24-12-17-29(42-2)27(33)18-24)20-31(38)36-34-19-23-10-13-25(14-11-23)44-21-32(39)35-28-6-4-5-7-30(28)43-3/h4-19H,20-21H2,1-3H3,(H,35,39)(H,36,38)/b34-19-. The van der Waals surface area contributed by atoms with Gasteiger partial charge in [0.15, 0.2) is 6.61 Å². The zero-order valence-corrected chi connectivity index (χ0v) is 26.3. The third-order valence-electron chi connectivity index (χ3n) is 6.35.